The number of hydrogen-bond donors (Lipinski definition) is 1. The van der Waals surface area contributed by atoms with Crippen LogP contribution in [0.3, 0.4) is 0 Å². The van der Waals surface area contributed by atoms with Gasteiger partial charge in [0.2, 0.25) is 0 Å². The van der Waals surface area contributed by atoms with Crippen molar-refractivity contribution in [2.24, 2.45) is 0 Å². The highest BCUT2D eigenvalue weighted by molar-refractivity contribution is 5.85. The first-order valence-corrected chi connectivity index (χ1v) is 4.60. The summed E-state index contributed by atoms with van der Waals surface area (Å²) in [6, 6.07) is 9.10. The summed E-state index contributed by atoms with van der Waals surface area (Å²) in [7, 11) is 0. The number of carboxylic acids is 1. The molecule has 0 aliphatic rings. The SMILES string of the molecule is N#CCC#Cc1ccccc1/C=C/C(=O)O. The number of nitriles is 1. The molecular formula is C13H9NO2. The maximum absolute atomic E-state index is 10.4. The fraction of sp³-hybridized carbons (Fsp3) is 0.0769. The van der Waals surface area contributed by atoms with Crippen molar-refractivity contribution in [3.63, 3.8) is 0 Å². The average Bonchev–Trinajstić information content (AvgIpc) is 2.28. The molecule has 0 aliphatic carbocycles. The van der Waals surface area contributed by atoms with Gasteiger partial charge in [-0.1, -0.05) is 30.0 Å². The Kier molecular flexibility index (Phi) is 4.37. The topological polar surface area (TPSA) is 61.1 Å². The zero-order valence-electron chi connectivity index (χ0n) is 8.47. The quantitative estimate of drug-likeness (QED) is 0.601. The maximum Gasteiger partial charge on any atom is 0.328 e. The number of hydrogen-bond acceptors (Lipinski definition) is 2. The van der Waals surface area contributed by atoms with Crippen LogP contribution in [0.5, 0.6) is 0 Å². The van der Waals surface area contributed by atoms with Crippen LogP contribution in [0.2, 0.25) is 0 Å². The molecule has 1 N–H and O–H groups in total. The average molecular weight is 211 g/mol. The Morgan fingerprint density at radius 2 is 2.19 bits per heavy atom. The number of nitrogens with zero attached hydrogens (tertiary/aromatic N) is 1. The first-order chi connectivity index (χ1) is 7.74. The van der Waals surface area contributed by atoms with E-state index in [0.717, 1.165) is 17.2 Å². The lowest BCUT2D eigenvalue weighted by Gasteiger charge is -1.96. The minimum absolute atomic E-state index is 0.164. The normalized spacial score (nSPS) is 9.19. The standard InChI is InChI=1S/C13H9NO2/c14-10-4-3-7-11-5-1-2-6-12(11)8-9-13(15)16/h1-2,5-6,8-9H,4H2,(H,15,16)/b9-8+. The van der Waals surface area contributed by atoms with E-state index in [4.69, 9.17) is 10.4 Å². The lowest BCUT2D eigenvalue weighted by Crippen LogP contribution is -1.87. The fourth-order valence-electron chi connectivity index (χ4n) is 1.10. The monoisotopic (exact) mass is 211 g/mol. The Labute approximate surface area is 93.6 Å². The van der Waals surface area contributed by atoms with Crippen LogP contribution < -0.4 is 0 Å². The van der Waals surface area contributed by atoms with Gasteiger partial charge in [-0.15, -0.1) is 0 Å². The van der Waals surface area contributed by atoms with Crippen LogP contribution in [0.15, 0.2) is 30.3 Å². The number of carboxylic acid groups (broad SMARTS) is 1. The molecule has 16 heavy (non-hydrogen) atoms. The van der Waals surface area contributed by atoms with Crippen LogP contribution in [0.25, 0.3) is 6.08 Å². The molecule has 0 heterocycles. The van der Waals surface area contributed by atoms with E-state index in [-0.39, 0.29) is 6.42 Å². The van der Waals surface area contributed by atoms with E-state index in [9.17, 15) is 4.79 Å². The Morgan fingerprint density at radius 3 is 2.88 bits per heavy atom. The zero-order valence-corrected chi connectivity index (χ0v) is 8.47. The molecule has 0 aromatic heterocycles. The highest BCUT2D eigenvalue weighted by Gasteiger charge is 1.95. The minimum Gasteiger partial charge on any atom is -0.478 e. The number of carbonyl (C=O) groups is 1. The fourth-order valence-corrected chi connectivity index (χ4v) is 1.10. The van der Waals surface area contributed by atoms with E-state index in [1.54, 1.807) is 18.2 Å². The second-order valence-corrected chi connectivity index (χ2v) is 2.90. The molecule has 0 atom stereocenters. The van der Waals surface area contributed by atoms with E-state index in [1.165, 1.54) is 6.08 Å². The highest BCUT2D eigenvalue weighted by atomic mass is 16.4. The van der Waals surface area contributed by atoms with Gasteiger partial charge in [0.1, 0.15) is 0 Å². The predicted molar refractivity (Wildman–Crippen MR) is 60.2 cm³/mol. The van der Waals surface area contributed by atoms with Gasteiger partial charge in [-0.05, 0) is 17.7 Å². The first kappa shape index (κ1) is 11.6. The summed E-state index contributed by atoms with van der Waals surface area (Å²) in [6.45, 7) is 0. The van der Waals surface area contributed by atoms with Gasteiger partial charge >= 0.3 is 5.97 Å². The molecule has 78 valence electrons. The summed E-state index contributed by atoms with van der Waals surface area (Å²) >= 11 is 0. The van der Waals surface area contributed by atoms with Crippen molar-refractivity contribution in [1.29, 1.82) is 5.26 Å². The summed E-state index contributed by atoms with van der Waals surface area (Å²) in [5.74, 6) is 4.51. The molecule has 0 aliphatic heterocycles. The molecule has 0 spiro atoms. The van der Waals surface area contributed by atoms with Gasteiger partial charge in [0.15, 0.2) is 0 Å². The van der Waals surface area contributed by atoms with E-state index in [0.29, 0.717) is 0 Å². The molecule has 0 unspecified atom stereocenters. The van der Waals surface area contributed by atoms with Crippen LogP contribution in [0.1, 0.15) is 17.5 Å². The third-order valence-electron chi connectivity index (χ3n) is 1.76. The van der Waals surface area contributed by atoms with Gasteiger partial charge < -0.3 is 5.11 Å². The molecule has 3 heteroatoms. The molecule has 0 bridgehead atoms. The van der Waals surface area contributed by atoms with E-state index >= 15 is 0 Å². The molecule has 0 saturated heterocycles. The predicted octanol–water partition coefficient (Wildman–Crippen LogP) is 2.05. The van der Waals surface area contributed by atoms with Gasteiger partial charge in [0, 0.05) is 11.6 Å². The van der Waals surface area contributed by atoms with Crippen molar-refractivity contribution >= 4 is 12.0 Å². The Bertz CT molecular complexity index is 513. The van der Waals surface area contributed by atoms with E-state index in [2.05, 4.69) is 11.8 Å². The Morgan fingerprint density at radius 1 is 1.44 bits per heavy atom. The van der Waals surface area contributed by atoms with Crippen LogP contribution in [0.4, 0.5) is 0 Å². The summed E-state index contributed by atoms with van der Waals surface area (Å²) in [4.78, 5) is 10.4. The highest BCUT2D eigenvalue weighted by Crippen LogP contribution is 2.09. The smallest absolute Gasteiger partial charge is 0.328 e. The zero-order chi connectivity index (χ0) is 11.8. The van der Waals surface area contributed by atoms with Gasteiger partial charge in [0.25, 0.3) is 0 Å². The van der Waals surface area contributed by atoms with Crippen molar-refractivity contribution < 1.29 is 9.90 Å². The van der Waals surface area contributed by atoms with Crippen molar-refractivity contribution in [2.45, 2.75) is 6.42 Å². The minimum atomic E-state index is -1.00. The van der Waals surface area contributed by atoms with Gasteiger partial charge in [-0.2, -0.15) is 5.26 Å². The Hall–Kier alpha value is -2.52. The second-order valence-electron chi connectivity index (χ2n) is 2.90. The van der Waals surface area contributed by atoms with Crippen molar-refractivity contribution in [3.8, 4) is 17.9 Å². The number of aliphatic carboxylic acids is 1. The molecule has 1 aromatic rings. The van der Waals surface area contributed by atoms with Crippen molar-refractivity contribution in [3.05, 3.63) is 41.5 Å². The number of benzene rings is 1. The third kappa shape index (κ3) is 3.69. The third-order valence-corrected chi connectivity index (χ3v) is 1.76. The van der Waals surface area contributed by atoms with Crippen LogP contribution in [-0.4, -0.2) is 11.1 Å². The summed E-state index contributed by atoms with van der Waals surface area (Å²) in [5.41, 5.74) is 1.45. The lowest BCUT2D eigenvalue weighted by atomic mass is 10.1. The van der Waals surface area contributed by atoms with Gasteiger partial charge in [0.05, 0.1) is 12.5 Å². The largest absolute Gasteiger partial charge is 0.478 e. The molecule has 1 rings (SSSR count). The van der Waals surface area contributed by atoms with Crippen molar-refractivity contribution in [1.82, 2.24) is 0 Å². The summed E-state index contributed by atoms with van der Waals surface area (Å²) in [6.07, 6.45) is 2.71. The maximum atomic E-state index is 10.4. The summed E-state index contributed by atoms with van der Waals surface area (Å²) < 4.78 is 0. The summed E-state index contributed by atoms with van der Waals surface area (Å²) in [5, 5.41) is 16.9. The van der Waals surface area contributed by atoms with E-state index in [1.807, 2.05) is 12.1 Å². The molecule has 0 fully saturated rings. The molecule has 0 radical (unpaired) electrons. The second kappa shape index (κ2) is 6.06. The molecule has 0 saturated carbocycles. The van der Waals surface area contributed by atoms with Gasteiger partial charge in [-0.25, -0.2) is 4.79 Å². The Balaban J connectivity index is 2.98. The van der Waals surface area contributed by atoms with Gasteiger partial charge in [-0.3, -0.25) is 0 Å². The molecule has 3 nitrogen and oxygen atoms in total. The van der Waals surface area contributed by atoms with Crippen LogP contribution in [0, 0.1) is 23.2 Å². The molecular weight excluding hydrogens is 202 g/mol. The first-order valence-electron chi connectivity index (χ1n) is 4.60. The van der Waals surface area contributed by atoms with E-state index < -0.39 is 5.97 Å². The van der Waals surface area contributed by atoms with Crippen LogP contribution in [-0.2, 0) is 4.79 Å². The number of rotatable bonds is 2. The van der Waals surface area contributed by atoms with Crippen molar-refractivity contribution in [2.75, 3.05) is 0 Å². The molecule has 1 aromatic carbocycles. The lowest BCUT2D eigenvalue weighted by molar-refractivity contribution is -0.131. The molecule has 0 amide bonds. The van der Waals surface area contributed by atoms with Crippen LogP contribution >= 0.6 is 0 Å².